The van der Waals surface area contributed by atoms with E-state index in [0.717, 1.165) is 19.3 Å². The third kappa shape index (κ3) is 2.41. The minimum absolute atomic E-state index is 0.422. The first kappa shape index (κ1) is 13.7. The molecule has 0 amide bonds. The molecule has 3 aliphatic rings. The average Bonchev–Trinajstić information content (AvgIpc) is 2.42. The normalized spacial score (nSPS) is 24.9. The minimum Gasteiger partial charge on any atom is -0.419 e. The number of rotatable bonds is 0. The van der Waals surface area contributed by atoms with Gasteiger partial charge in [0.05, 0.1) is 6.21 Å². The van der Waals surface area contributed by atoms with Gasteiger partial charge >= 0.3 is 11.9 Å². The van der Waals surface area contributed by atoms with E-state index in [1.54, 1.807) is 0 Å². The summed E-state index contributed by atoms with van der Waals surface area (Å²) in [7, 11) is 0. The van der Waals surface area contributed by atoms with Gasteiger partial charge in [0.2, 0.25) is 5.95 Å². The van der Waals surface area contributed by atoms with E-state index in [-0.39, 0.29) is 0 Å². The Morgan fingerprint density at radius 2 is 1.71 bits per heavy atom. The van der Waals surface area contributed by atoms with Crippen molar-refractivity contribution in [3.8, 4) is 0 Å². The summed E-state index contributed by atoms with van der Waals surface area (Å²) in [5.41, 5.74) is -0.565. The summed E-state index contributed by atoms with van der Waals surface area (Å²) < 4.78 is 36.4. The predicted molar refractivity (Wildman–Crippen MR) is 65.9 cm³/mol. The first-order chi connectivity index (χ1) is 10.0. The molecule has 1 N–H and O–H groups in total. The number of nitrogens with zero attached hydrogens (tertiary/aromatic N) is 1. The van der Waals surface area contributed by atoms with Crippen LogP contribution in [0.3, 0.4) is 0 Å². The van der Waals surface area contributed by atoms with Gasteiger partial charge in [-0.1, -0.05) is 6.42 Å². The summed E-state index contributed by atoms with van der Waals surface area (Å²) in [4.78, 5) is 27.6. The third-order valence-corrected chi connectivity index (χ3v) is 3.56. The van der Waals surface area contributed by atoms with E-state index in [4.69, 9.17) is 9.47 Å². The molecule has 112 valence electrons. The number of aliphatic imine (C=N–C) groups is 1. The maximum Gasteiger partial charge on any atom is 0.352 e. The molecule has 0 unspecified atom stereocenters. The van der Waals surface area contributed by atoms with E-state index in [0.29, 0.717) is 19.1 Å². The highest BCUT2D eigenvalue weighted by Crippen LogP contribution is 2.37. The van der Waals surface area contributed by atoms with Gasteiger partial charge in [0.1, 0.15) is 0 Å². The average molecular weight is 298 g/mol. The molecule has 1 saturated heterocycles. The van der Waals surface area contributed by atoms with E-state index >= 15 is 0 Å². The number of halogens is 2. The lowest BCUT2D eigenvalue weighted by atomic mass is 9.93. The fourth-order valence-corrected chi connectivity index (χ4v) is 2.53. The molecular formula is C13H12F2N2O4. The number of hydrogen-bond acceptors (Lipinski definition) is 6. The van der Waals surface area contributed by atoms with Crippen molar-refractivity contribution in [1.29, 1.82) is 0 Å². The van der Waals surface area contributed by atoms with E-state index in [2.05, 4.69) is 4.99 Å². The fraction of sp³-hybridized carbons (Fsp3) is 0.462. The van der Waals surface area contributed by atoms with E-state index in [9.17, 15) is 18.4 Å². The van der Waals surface area contributed by atoms with E-state index < -0.39 is 40.9 Å². The fourth-order valence-electron chi connectivity index (χ4n) is 2.53. The van der Waals surface area contributed by atoms with Crippen molar-refractivity contribution in [3.05, 3.63) is 23.2 Å². The largest absolute Gasteiger partial charge is 0.419 e. The number of carbonyl (C=O) groups excluding carboxylic acids is 2. The molecule has 0 radical (unpaired) electrons. The van der Waals surface area contributed by atoms with Gasteiger partial charge in [0.25, 0.3) is 5.79 Å². The van der Waals surface area contributed by atoms with Crippen molar-refractivity contribution in [1.82, 2.24) is 5.32 Å². The molecule has 0 bridgehead atoms. The van der Waals surface area contributed by atoms with Gasteiger partial charge in [-0.15, -0.1) is 0 Å². The van der Waals surface area contributed by atoms with Crippen molar-refractivity contribution >= 4 is 18.2 Å². The SMILES string of the molecule is O=C1OC2(CCCCC2)OC(=O)C1=C1N=CC(F)=C(F)N1. The highest BCUT2D eigenvalue weighted by Gasteiger charge is 2.48. The number of esters is 2. The van der Waals surface area contributed by atoms with Crippen LogP contribution in [0.5, 0.6) is 0 Å². The standard InChI is InChI=1S/C13H12F2N2O4/c14-7-6-16-10(17-9(7)15)8-11(18)20-13(21-12(8)19)4-2-1-3-5-13/h6,17H,1-5H2. The zero-order valence-electron chi connectivity index (χ0n) is 10.9. The van der Waals surface area contributed by atoms with E-state index in [1.807, 2.05) is 5.32 Å². The Balaban J connectivity index is 1.88. The van der Waals surface area contributed by atoms with Crippen LogP contribution in [0.25, 0.3) is 0 Å². The number of ether oxygens (including phenoxy) is 2. The summed E-state index contributed by atoms with van der Waals surface area (Å²) in [6.45, 7) is 0. The molecule has 8 heteroatoms. The lowest BCUT2D eigenvalue weighted by Crippen LogP contribution is -2.48. The van der Waals surface area contributed by atoms with Gasteiger partial charge < -0.3 is 14.8 Å². The van der Waals surface area contributed by atoms with Crippen molar-refractivity contribution in [3.63, 3.8) is 0 Å². The summed E-state index contributed by atoms with van der Waals surface area (Å²) in [6, 6.07) is 0. The molecule has 0 aromatic heterocycles. The van der Waals surface area contributed by atoms with Crippen LogP contribution in [0, 0.1) is 0 Å². The second-order valence-corrected chi connectivity index (χ2v) is 5.02. The number of hydrogen-bond donors (Lipinski definition) is 1. The van der Waals surface area contributed by atoms with E-state index in [1.165, 1.54) is 0 Å². The molecule has 2 fully saturated rings. The molecule has 0 aromatic carbocycles. The first-order valence-electron chi connectivity index (χ1n) is 6.58. The van der Waals surface area contributed by atoms with Gasteiger partial charge in [-0.25, -0.2) is 19.0 Å². The van der Waals surface area contributed by atoms with Crippen LogP contribution in [0.15, 0.2) is 28.2 Å². The predicted octanol–water partition coefficient (Wildman–Crippen LogP) is 1.74. The highest BCUT2D eigenvalue weighted by atomic mass is 19.2. The molecule has 0 atom stereocenters. The van der Waals surface area contributed by atoms with Crippen LogP contribution in [0.4, 0.5) is 8.78 Å². The molecule has 2 heterocycles. The Labute approximate surface area is 118 Å². The molecular weight excluding hydrogens is 286 g/mol. The topological polar surface area (TPSA) is 77.0 Å². The Bertz CT molecular complexity index is 581. The monoisotopic (exact) mass is 298 g/mol. The molecule has 0 aromatic rings. The number of allylic oxidation sites excluding steroid dienone is 1. The lowest BCUT2D eigenvalue weighted by molar-refractivity contribution is -0.244. The molecule has 1 spiro atoms. The van der Waals surface area contributed by atoms with Crippen LogP contribution in [0.2, 0.25) is 0 Å². The molecule has 1 saturated carbocycles. The van der Waals surface area contributed by atoms with Gasteiger partial charge in [-0.05, 0) is 12.8 Å². The summed E-state index contributed by atoms with van der Waals surface area (Å²) in [5.74, 6) is -6.08. The summed E-state index contributed by atoms with van der Waals surface area (Å²) in [5, 5.41) is 1.91. The summed E-state index contributed by atoms with van der Waals surface area (Å²) >= 11 is 0. The number of nitrogens with one attached hydrogen (secondary N) is 1. The van der Waals surface area contributed by atoms with Crippen molar-refractivity contribution in [2.24, 2.45) is 4.99 Å². The molecule has 21 heavy (non-hydrogen) atoms. The summed E-state index contributed by atoms with van der Waals surface area (Å²) in [6.07, 6.45) is 3.99. The van der Waals surface area contributed by atoms with Gasteiger partial charge in [0, 0.05) is 12.8 Å². The zero-order valence-corrected chi connectivity index (χ0v) is 10.9. The second kappa shape index (κ2) is 4.94. The van der Waals surface area contributed by atoms with Crippen LogP contribution < -0.4 is 5.32 Å². The van der Waals surface area contributed by atoms with Crippen LogP contribution in [0.1, 0.15) is 32.1 Å². The van der Waals surface area contributed by atoms with Crippen LogP contribution in [-0.4, -0.2) is 23.9 Å². The lowest BCUT2D eigenvalue weighted by Gasteiger charge is -2.38. The second-order valence-electron chi connectivity index (χ2n) is 5.02. The Hall–Kier alpha value is -2.25. The quantitative estimate of drug-likeness (QED) is 0.319. The van der Waals surface area contributed by atoms with Crippen molar-refractivity contribution in [2.45, 2.75) is 37.9 Å². The highest BCUT2D eigenvalue weighted by molar-refractivity contribution is 6.16. The maximum atomic E-state index is 13.1. The Morgan fingerprint density at radius 3 is 2.29 bits per heavy atom. The van der Waals surface area contributed by atoms with Gasteiger partial charge in [-0.3, -0.25) is 0 Å². The van der Waals surface area contributed by atoms with Gasteiger partial charge in [-0.2, -0.15) is 4.39 Å². The smallest absolute Gasteiger partial charge is 0.352 e. The number of carbonyl (C=O) groups is 2. The van der Waals surface area contributed by atoms with Gasteiger partial charge in [0.15, 0.2) is 17.2 Å². The first-order valence-corrected chi connectivity index (χ1v) is 6.58. The molecule has 6 nitrogen and oxygen atoms in total. The minimum atomic E-state index is -1.33. The molecule has 2 aliphatic heterocycles. The van der Waals surface area contributed by atoms with Crippen molar-refractivity contribution in [2.75, 3.05) is 0 Å². The molecule has 3 rings (SSSR count). The Morgan fingerprint density at radius 1 is 1.10 bits per heavy atom. The third-order valence-electron chi connectivity index (χ3n) is 3.56. The zero-order chi connectivity index (χ0) is 15.0. The van der Waals surface area contributed by atoms with Crippen molar-refractivity contribution < 1.29 is 27.8 Å². The molecule has 1 aliphatic carbocycles. The van der Waals surface area contributed by atoms with Crippen LogP contribution >= 0.6 is 0 Å². The van der Waals surface area contributed by atoms with Crippen LogP contribution in [-0.2, 0) is 19.1 Å². The maximum absolute atomic E-state index is 13.1. The Kier molecular flexibility index (Phi) is 3.23.